The summed E-state index contributed by atoms with van der Waals surface area (Å²) in [6, 6.07) is 5.66. The third kappa shape index (κ3) is 3.56. The van der Waals surface area contributed by atoms with Crippen LogP contribution in [0.15, 0.2) is 24.3 Å². The van der Waals surface area contributed by atoms with Gasteiger partial charge in [0.1, 0.15) is 0 Å². The maximum atomic E-state index is 12.4. The molecular weight excluding hydrogens is 247 g/mol. The predicted molar refractivity (Wildman–Crippen MR) is 65.4 cm³/mol. The first-order valence-corrected chi connectivity index (χ1v) is 6.73. The molecule has 1 heterocycles. The topological polar surface area (TPSA) is 12.0 Å². The van der Waals surface area contributed by atoms with Crippen LogP contribution in [0.2, 0.25) is 0 Å². The van der Waals surface area contributed by atoms with Crippen molar-refractivity contribution in [3.05, 3.63) is 29.8 Å². The lowest BCUT2D eigenvalue weighted by molar-refractivity contribution is -0.137. The molecule has 0 spiro atoms. The van der Waals surface area contributed by atoms with E-state index in [0.717, 1.165) is 42.2 Å². The molecule has 1 aromatic carbocycles. The smallest absolute Gasteiger partial charge is 0.382 e. The Bertz CT molecular complexity index is 355. The van der Waals surface area contributed by atoms with Gasteiger partial charge in [-0.2, -0.15) is 24.9 Å². The van der Waals surface area contributed by atoms with Crippen molar-refractivity contribution < 1.29 is 13.2 Å². The summed E-state index contributed by atoms with van der Waals surface area (Å²) in [5.41, 5.74) is 0.178. The first-order chi connectivity index (χ1) is 8.05. The van der Waals surface area contributed by atoms with E-state index < -0.39 is 11.7 Å². The fourth-order valence-corrected chi connectivity index (χ4v) is 2.94. The first kappa shape index (κ1) is 12.6. The minimum atomic E-state index is -4.25. The number of hydrogen-bond donors (Lipinski definition) is 1. The normalized spacial score (nSPS) is 18.1. The van der Waals surface area contributed by atoms with E-state index in [-0.39, 0.29) is 0 Å². The van der Waals surface area contributed by atoms with Crippen LogP contribution in [0.1, 0.15) is 18.4 Å². The van der Waals surface area contributed by atoms with Crippen molar-refractivity contribution in [2.45, 2.75) is 25.1 Å². The van der Waals surface area contributed by atoms with Crippen LogP contribution in [0, 0.1) is 0 Å². The van der Waals surface area contributed by atoms with Crippen molar-refractivity contribution in [2.24, 2.45) is 0 Å². The van der Waals surface area contributed by atoms with Crippen LogP contribution in [0.4, 0.5) is 18.9 Å². The summed E-state index contributed by atoms with van der Waals surface area (Å²) in [5, 5.41) is 3.28. The van der Waals surface area contributed by atoms with Crippen LogP contribution in [0.25, 0.3) is 0 Å². The fourth-order valence-electron chi connectivity index (χ4n) is 1.83. The monoisotopic (exact) mass is 261 g/mol. The third-order valence-electron chi connectivity index (χ3n) is 2.80. The molecule has 1 nitrogen and oxygen atoms in total. The summed E-state index contributed by atoms with van der Waals surface area (Å²) in [7, 11) is 0. The van der Waals surface area contributed by atoms with Crippen LogP contribution >= 0.6 is 11.8 Å². The van der Waals surface area contributed by atoms with Crippen LogP contribution in [0.3, 0.4) is 0 Å². The van der Waals surface area contributed by atoms with Gasteiger partial charge in [0.2, 0.25) is 0 Å². The molecule has 17 heavy (non-hydrogen) atoms. The molecule has 94 valence electrons. The van der Waals surface area contributed by atoms with Crippen molar-refractivity contribution in [3.63, 3.8) is 0 Å². The van der Waals surface area contributed by atoms with Crippen LogP contribution < -0.4 is 5.32 Å². The standard InChI is InChI=1S/C12H14F3NS/c13-12(14,15)9-1-3-10(4-2-9)16-11-5-7-17-8-6-11/h1-4,11,16H,5-8H2. The lowest BCUT2D eigenvalue weighted by Gasteiger charge is -2.23. The van der Waals surface area contributed by atoms with Gasteiger partial charge in [-0.15, -0.1) is 0 Å². The van der Waals surface area contributed by atoms with Crippen LogP contribution in [-0.2, 0) is 6.18 Å². The number of anilines is 1. The van der Waals surface area contributed by atoms with Crippen LogP contribution in [-0.4, -0.2) is 17.5 Å². The Morgan fingerprint density at radius 2 is 1.65 bits per heavy atom. The highest BCUT2D eigenvalue weighted by atomic mass is 32.2. The average molecular weight is 261 g/mol. The van der Waals surface area contributed by atoms with E-state index in [1.165, 1.54) is 12.1 Å². The van der Waals surface area contributed by atoms with Crippen molar-refractivity contribution in [3.8, 4) is 0 Å². The van der Waals surface area contributed by atoms with Gasteiger partial charge in [-0.05, 0) is 48.6 Å². The molecule has 2 rings (SSSR count). The highest BCUT2D eigenvalue weighted by molar-refractivity contribution is 7.99. The quantitative estimate of drug-likeness (QED) is 0.863. The summed E-state index contributed by atoms with van der Waals surface area (Å²) >= 11 is 1.93. The summed E-state index contributed by atoms with van der Waals surface area (Å²) in [6.45, 7) is 0. The number of nitrogens with one attached hydrogen (secondary N) is 1. The molecule has 1 saturated heterocycles. The minimum Gasteiger partial charge on any atom is -0.382 e. The molecule has 1 fully saturated rings. The molecule has 0 atom stereocenters. The zero-order chi connectivity index (χ0) is 12.3. The van der Waals surface area contributed by atoms with E-state index in [1.54, 1.807) is 0 Å². The summed E-state index contributed by atoms with van der Waals surface area (Å²) in [4.78, 5) is 0. The van der Waals surface area contributed by atoms with E-state index in [0.29, 0.717) is 6.04 Å². The number of halogens is 3. The molecule has 0 amide bonds. The second-order valence-corrected chi connectivity index (χ2v) is 5.33. The molecule has 0 bridgehead atoms. The number of alkyl halides is 3. The molecule has 1 aliphatic heterocycles. The highest BCUT2D eigenvalue weighted by Gasteiger charge is 2.30. The molecule has 1 aromatic rings. The van der Waals surface area contributed by atoms with Crippen molar-refractivity contribution in [2.75, 3.05) is 16.8 Å². The van der Waals surface area contributed by atoms with E-state index in [9.17, 15) is 13.2 Å². The molecule has 0 saturated carbocycles. The molecule has 5 heteroatoms. The Kier molecular flexibility index (Phi) is 3.86. The molecule has 1 aliphatic rings. The maximum Gasteiger partial charge on any atom is 0.416 e. The summed E-state index contributed by atoms with van der Waals surface area (Å²) in [5.74, 6) is 2.25. The van der Waals surface area contributed by atoms with Crippen molar-refractivity contribution >= 4 is 17.4 Å². The second-order valence-electron chi connectivity index (χ2n) is 4.11. The Morgan fingerprint density at radius 3 is 2.18 bits per heavy atom. The average Bonchev–Trinajstić information content (AvgIpc) is 2.30. The van der Waals surface area contributed by atoms with Gasteiger partial charge in [0.15, 0.2) is 0 Å². The lowest BCUT2D eigenvalue weighted by Crippen LogP contribution is -2.24. The van der Waals surface area contributed by atoms with Gasteiger partial charge >= 0.3 is 6.18 Å². The molecule has 0 aromatic heterocycles. The number of thioether (sulfide) groups is 1. The molecular formula is C12H14F3NS. The summed E-state index contributed by atoms with van der Waals surface area (Å²) < 4.78 is 37.1. The zero-order valence-electron chi connectivity index (χ0n) is 9.26. The fraction of sp³-hybridized carbons (Fsp3) is 0.500. The number of hydrogen-bond acceptors (Lipinski definition) is 2. The van der Waals surface area contributed by atoms with Gasteiger partial charge in [0, 0.05) is 11.7 Å². The minimum absolute atomic E-state index is 0.396. The number of benzene rings is 1. The Morgan fingerprint density at radius 1 is 1.06 bits per heavy atom. The molecule has 0 aliphatic carbocycles. The third-order valence-corrected chi connectivity index (χ3v) is 3.85. The van der Waals surface area contributed by atoms with E-state index >= 15 is 0 Å². The summed E-state index contributed by atoms with van der Waals surface area (Å²) in [6.07, 6.45) is -2.10. The van der Waals surface area contributed by atoms with E-state index in [4.69, 9.17) is 0 Å². The van der Waals surface area contributed by atoms with Gasteiger partial charge in [0.05, 0.1) is 5.56 Å². The lowest BCUT2D eigenvalue weighted by atomic mass is 10.1. The SMILES string of the molecule is FC(F)(F)c1ccc(NC2CCSCC2)cc1. The Hall–Kier alpha value is -0.840. The van der Waals surface area contributed by atoms with Gasteiger partial charge in [-0.25, -0.2) is 0 Å². The van der Waals surface area contributed by atoms with E-state index in [1.807, 2.05) is 11.8 Å². The van der Waals surface area contributed by atoms with Gasteiger partial charge < -0.3 is 5.32 Å². The first-order valence-electron chi connectivity index (χ1n) is 5.57. The van der Waals surface area contributed by atoms with Crippen molar-refractivity contribution in [1.29, 1.82) is 0 Å². The van der Waals surface area contributed by atoms with Gasteiger partial charge in [-0.3, -0.25) is 0 Å². The van der Waals surface area contributed by atoms with Crippen molar-refractivity contribution in [1.82, 2.24) is 0 Å². The van der Waals surface area contributed by atoms with Gasteiger partial charge in [-0.1, -0.05) is 0 Å². The molecule has 0 radical (unpaired) electrons. The number of rotatable bonds is 2. The Balaban J connectivity index is 1.98. The largest absolute Gasteiger partial charge is 0.416 e. The molecule has 1 N–H and O–H groups in total. The maximum absolute atomic E-state index is 12.4. The van der Waals surface area contributed by atoms with Gasteiger partial charge in [0.25, 0.3) is 0 Å². The van der Waals surface area contributed by atoms with Crippen LogP contribution in [0.5, 0.6) is 0 Å². The Labute approximate surface area is 103 Å². The molecule has 0 unspecified atom stereocenters. The van der Waals surface area contributed by atoms with E-state index in [2.05, 4.69) is 5.32 Å². The highest BCUT2D eigenvalue weighted by Crippen LogP contribution is 2.30. The zero-order valence-corrected chi connectivity index (χ0v) is 10.1. The second kappa shape index (κ2) is 5.21. The predicted octanol–water partition coefficient (Wildman–Crippen LogP) is 4.01.